The van der Waals surface area contributed by atoms with Gasteiger partial charge in [0, 0.05) is 30.2 Å². The number of nitrogens with one attached hydrogen (secondary N) is 1. The Labute approximate surface area is 230 Å². The Bertz CT molecular complexity index is 1060. The van der Waals surface area contributed by atoms with Gasteiger partial charge in [0.05, 0.1) is 0 Å². The molecule has 5 rings (SSSR count). The quantitative estimate of drug-likeness (QED) is 0.419. The second-order valence-corrected chi connectivity index (χ2v) is 15.5. The highest BCUT2D eigenvalue weighted by molar-refractivity contribution is 5.95. The number of hydrogen-bond donors (Lipinski definition) is 1. The maximum atomic E-state index is 14.4. The molecule has 0 spiro atoms. The van der Waals surface area contributed by atoms with Gasteiger partial charge in [0.2, 0.25) is 5.91 Å². The smallest absolute Gasteiger partial charge is 0.302 e. The number of rotatable bonds is 3. The number of carbonyl (C=O) groups is 3. The summed E-state index contributed by atoms with van der Waals surface area (Å²) >= 11 is 0. The lowest BCUT2D eigenvalue weighted by atomic mass is 9.37. The maximum absolute atomic E-state index is 14.4. The van der Waals surface area contributed by atoms with Crippen LogP contribution in [0.4, 0.5) is 0 Å². The number of amides is 1. The minimum absolute atomic E-state index is 0.00257. The van der Waals surface area contributed by atoms with E-state index < -0.39 is 0 Å². The molecular weight excluding hydrogens is 474 g/mol. The number of esters is 1. The number of hydrogen-bond acceptors (Lipinski definition) is 4. The summed E-state index contributed by atoms with van der Waals surface area (Å²) in [4.78, 5) is 39.4. The average Bonchev–Trinajstić information content (AvgIpc) is 2.81. The van der Waals surface area contributed by atoms with Gasteiger partial charge in [0.1, 0.15) is 6.10 Å². The third-order valence-electron chi connectivity index (χ3n) is 12.9. The average molecular weight is 526 g/mol. The number of ether oxygens (including phenoxy) is 1. The van der Waals surface area contributed by atoms with Crippen molar-refractivity contribution in [1.82, 2.24) is 5.32 Å². The van der Waals surface area contributed by atoms with Crippen LogP contribution >= 0.6 is 0 Å². The predicted octanol–water partition coefficient (Wildman–Crippen LogP) is 6.64. The number of carbonyl (C=O) groups excluding carboxylic acids is 3. The third-order valence-corrected chi connectivity index (χ3v) is 12.9. The van der Waals surface area contributed by atoms with Crippen LogP contribution in [0.15, 0.2) is 11.6 Å². The molecule has 0 bridgehead atoms. The summed E-state index contributed by atoms with van der Waals surface area (Å²) in [7, 11) is 0. The first-order valence-corrected chi connectivity index (χ1v) is 15.3. The van der Waals surface area contributed by atoms with Gasteiger partial charge in [-0.25, -0.2) is 0 Å². The zero-order chi connectivity index (χ0) is 27.9. The first-order valence-electron chi connectivity index (χ1n) is 15.3. The van der Waals surface area contributed by atoms with Crippen molar-refractivity contribution in [3.63, 3.8) is 0 Å². The van der Waals surface area contributed by atoms with E-state index in [2.05, 4.69) is 52.9 Å². The van der Waals surface area contributed by atoms with Crippen molar-refractivity contribution in [2.45, 2.75) is 119 Å². The van der Waals surface area contributed by atoms with Crippen molar-refractivity contribution < 1.29 is 19.1 Å². The molecule has 4 saturated carbocycles. The molecule has 1 unspecified atom stereocenters. The Kier molecular flexibility index (Phi) is 6.56. The van der Waals surface area contributed by atoms with Crippen molar-refractivity contribution in [2.75, 3.05) is 6.54 Å². The van der Waals surface area contributed by atoms with E-state index in [1.807, 2.05) is 6.92 Å². The Morgan fingerprint density at radius 2 is 1.61 bits per heavy atom. The molecule has 0 aliphatic heterocycles. The van der Waals surface area contributed by atoms with E-state index in [-0.39, 0.29) is 51.0 Å². The molecular formula is C33H51NO4. The second kappa shape index (κ2) is 8.93. The normalized spacial score (nSPS) is 47.4. The van der Waals surface area contributed by atoms with Gasteiger partial charge in [0.25, 0.3) is 0 Å². The van der Waals surface area contributed by atoms with Crippen molar-refractivity contribution in [3.05, 3.63) is 11.6 Å². The van der Waals surface area contributed by atoms with E-state index in [9.17, 15) is 14.4 Å². The lowest BCUT2D eigenvalue weighted by molar-refractivity contribution is -0.200. The molecule has 0 aromatic carbocycles. The van der Waals surface area contributed by atoms with Crippen LogP contribution < -0.4 is 5.32 Å². The minimum atomic E-state index is -0.369. The van der Waals surface area contributed by atoms with Gasteiger partial charge in [-0.2, -0.15) is 0 Å². The van der Waals surface area contributed by atoms with Crippen LogP contribution in [0.25, 0.3) is 0 Å². The molecule has 4 fully saturated rings. The van der Waals surface area contributed by atoms with Crippen molar-refractivity contribution in [2.24, 2.45) is 50.7 Å². The number of allylic oxidation sites excluding steroid dienone is 2. The van der Waals surface area contributed by atoms with Crippen LogP contribution in [0.1, 0.15) is 113 Å². The molecule has 0 aromatic heterocycles. The SMILES string of the molecule is CCNC(=O)[C@@]1(C)CC[C@]2(C)CCC3C(=CC(=O)[C@@H]4[C@@]5(C)CC[C@H](OC(C)=O)C(C)(C)[C@@H]5CC[C@@]34C)[C@@H]2C1. The van der Waals surface area contributed by atoms with Crippen LogP contribution in [0.2, 0.25) is 0 Å². The number of fused-ring (bicyclic) bond motifs is 7. The fourth-order valence-corrected chi connectivity index (χ4v) is 10.9. The van der Waals surface area contributed by atoms with Crippen molar-refractivity contribution >= 4 is 17.7 Å². The first-order chi connectivity index (χ1) is 17.6. The van der Waals surface area contributed by atoms with Gasteiger partial charge in [-0.1, -0.05) is 47.1 Å². The van der Waals surface area contributed by atoms with Crippen LogP contribution in [0, 0.1) is 50.7 Å². The fourth-order valence-electron chi connectivity index (χ4n) is 10.9. The van der Waals surface area contributed by atoms with Gasteiger partial charge < -0.3 is 10.1 Å². The molecule has 1 amide bonds. The highest BCUT2D eigenvalue weighted by Gasteiger charge is 2.67. The highest BCUT2D eigenvalue weighted by Crippen LogP contribution is 2.71. The molecule has 0 heterocycles. The molecule has 5 aliphatic rings. The van der Waals surface area contributed by atoms with E-state index >= 15 is 0 Å². The molecule has 9 atom stereocenters. The van der Waals surface area contributed by atoms with Crippen LogP contribution in [-0.2, 0) is 19.1 Å². The summed E-state index contributed by atoms with van der Waals surface area (Å²) in [5, 5.41) is 3.10. The molecule has 5 aliphatic carbocycles. The lowest BCUT2D eigenvalue weighted by Gasteiger charge is -2.67. The topological polar surface area (TPSA) is 72.5 Å². The van der Waals surface area contributed by atoms with Gasteiger partial charge in [-0.3, -0.25) is 14.4 Å². The van der Waals surface area contributed by atoms with E-state index in [1.54, 1.807) is 0 Å². The third kappa shape index (κ3) is 3.87. The molecule has 0 radical (unpaired) electrons. The van der Waals surface area contributed by atoms with Gasteiger partial charge in [-0.05, 0) is 105 Å². The molecule has 0 saturated heterocycles. The van der Waals surface area contributed by atoms with Crippen molar-refractivity contribution in [3.8, 4) is 0 Å². The first kappa shape index (κ1) is 27.9. The Balaban J connectivity index is 1.51. The second-order valence-electron chi connectivity index (χ2n) is 15.5. The summed E-state index contributed by atoms with van der Waals surface area (Å²) in [6.45, 7) is 18.1. The molecule has 1 N–H and O–H groups in total. The van der Waals surface area contributed by atoms with Gasteiger partial charge in [-0.15, -0.1) is 0 Å². The van der Waals surface area contributed by atoms with E-state index in [1.165, 1.54) is 18.9 Å². The van der Waals surface area contributed by atoms with Crippen molar-refractivity contribution in [1.29, 1.82) is 0 Å². The Hall–Kier alpha value is -1.65. The molecule has 5 nitrogen and oxygen atoms in total. The standard InChI is InChI=1S/C33H51NO4/c1-9-34-28(37)31(6)17-16-30(5)13-10-22-21(23(30)19-31)18-24(36)27-32(22,7)14-11-25-29(3,4)26(38-20(2)35)12-15-33(25,27)8/h18,22-23,25-27H,9-17,19H2,1-8H3,(H,34,37)/t22?,23-,25-,26-,27-,30-,31-,32-,33-/m0/s1. The van der Waals surface area contributed by atoms with E-state index in [0.717, 1.165) is 51.4 Å². The van der Waals surface area contributed by atoms with Crippen LogP contribution in [0.5, 0.6) is 0 Å². The van der Waals surface area contributed by atoms with Gasteiger partial charge >= 0.3 is 5.97 Å². The summed E-state index contributed by atoms with van der Waals surface area (Å²) in [5.41, 5.74) is 0.850. The van der Waals surface area contributed by atoms with Crippen LogP contribution in [0.3, 0.4) is 0 Å². The summed E-state index contributed by atoms with van der Waals surface area (Å²) in [6, 6.07) is 0. The zero-order valence-electron chi connectivity index (χ0n) is 25.2. The van der Waals surface area contributed by atoms with Crippen LogP contribution in [-0.4, -0.2) is 30.3 Å². The van der Waals surface area contributed by atoms with E-state index in [4.69, 9.17) is 4.74 Å². The summed E-state index contributed by atoms with van der Waals surface area (Å²) < 4.78 is 5.83. The fraction of sp³-hybridized carbons (Fsp3) is 0.848. The molecule has 5 heteroatoms. The van der Waals surface area contributed by atoms with Gasteiger partial charge in [0.15, 0.2) is 5.78 Å². The molecule has 0 aromatic rings. The summed E-state index contributed by atoms with van der Waals surface area (Å²) in [6.07, 6.45) is 11.0. The van der Waals surface area contributed by atoms with E-state index in [0.29, 0.717) is 30.1 Å². The maximum Gasteiger partial charge on any atom is 0.302 e. The number of ketones is 1. The Morgan fingerprint density at radius 1 is 0.921 bits per heavy atom. The monoisotopic (exact) mass is 525 g/mol. The lowest BCUT2D eigenvalue weighted by Crippen LogP contribution is -2.64. The highest BCUT2D eigenvalue weighted by atomic mass is 16.5. The predicted molar refractivity (Wildman–Crippen MR) is 149 cm³/mol. The molecule has 38 heavy (non-hydrogen) atoms. The zero-order valence-corrected chi connectivity index (χ0v) is 25.2. The molecule has 212 valence electrons. The Morgan fingerprint density at radius 3 is 2.26 bits per heavy atom. The summed E-state index contributed by atoms with van der Waals surface area (Å²) in [5.74, 6) is 1.35. The minimum Gasteiger partial charge on any atom is -0.462 e. The largest absolute Gasteiger partial charge is 0.462 e.